The standard InChI is InChI=1S/C23H31N3O4/c1-23(2)22(29)26(15-20(27)25-12-6-3-7-13-25)18-14-16(10-11-19(18)30-23)21(28)24-17-8-4-5-9-17/h10-11,14,17H,3-9,12-13,15H2,1-2H3,(H,24,28). The molecule has 0 atom stereocenters. The maximum Gasteiger partial charge on any atom is 0.271 e. The maximum atomic E-state index is 13.1. The van der Waals surface area contributed by atoms with Crippen LogP contribution in [0, 0.1) is 0 Å². The smallest absolute Gasteiger partial charge is 0.271 e. The Morgan fingerprint density at radius 2 is 1.80 bits per heavy atom. The zero-order valence-corrected chi connectivity index (χ0v) is 17.9. The van der Waals surface area contributed by atoms with Gasteiger partial charge in [-0.1, -0.05) is 12.8 Å². The summed E-state index contributed by atoms with van der Waals surface area (Å²) >= 11 is 0. The van der Waals surface area contributed by atoms with Crippen LogP contribution in [0.5, 0.6) is 5.75 Å². The minimum absolute atomic E-state index is 0.0354. The molecule has 3 amide bonds. The molecule has 4 rings (SSSR count). The van der Waals surface area contributed by atoms with E-state index in [1.807, 2.05) is 4.90 Å². The van der Waals surface area contributed by atoms with Gasteiger partial charge in [0.1, 0.15) is 12.3 Å². The van der Waals surface area contributed by atoms with Gasteiger partial charge in [-0.3, -0.25) is 19.3 Å². The summed E-state index contributed by atoms with van der Waals surface area (Å²) in [4.78, 5) is 42.1. The van der Waals surface area contributed by atoms with Crippen LogP contribution >= 0.6 is 0 Å². The van der Waals surface area contributed by atoms with Crippen molar-refractivity contribution in [2.45, 2.75) is 70.4 Å². The van der Waals surface area contributed by atoms with Crippen LogP contribution in [0.25, 0.3) is 0 Å². The largest absolute Gasteiger partial charge is 0.476 e. The quantitative estimate of drug-likeness (QED) is 0.823. The number of hydrogen-bond donors (Lipinski definition) is 1. The van der Waals surface area contributed by atoms with E-state index < -0.39 is 5.60 Å². The minimum atomic E-state index is -1.07. The van der Waals surface area contributed by atoms with Crippen molar-refractivity contribution in [3.63, 3.8) is 0 Å². The molecule has 0 radical (unpaired) electrons. The van der Waals surface area contributed by atoms with Crippen molar-refractivity contribution in [2.24, 2.45) is 0 Å². The van der Waals surface area contributed by atoms with Gasteiger partial charge in [-0.2, -0.15) is 0 Å². The lowest BCUT2D eigenvalue weighted by molar-refractivity contribution is -0.137. The lowest BCUT2D eigenvalue weighted by Gasteiger charge is -2.39. The van der Waals surface area contributed by atoms with E-state index in [1.165, 1.54) is 4.90 Å². The molecule has 1 saturated heterocycles. The third-order valence-corrected chi connectivity index (χ3v) is 6.33. The molecule has 30 heavy (non-hydrogen) atoms. The molecule has 1 aliphatic carbocycles. The number of nitrogens with zero attached hydrogens (tertiary/aromatic N) is 2. The molecule has 1 aromatic rings. The number of fused-ring (bicyclic) bond motifs is 1. The second-order valence-corrected chi connectivity index (χ2v) is 9.08. The summed E-state index contributed by atoms with van der Waals surface area (Å²) in [6.07, 6.45) is 7.41. The average molecular weight is 414 g/mol. The second-order valence-electron chi connectivity index (χ2n) is 9.08. The first-order valence-corrected chi connectivity index (χ1v) is 11.1. The fourth-order valence-electron chi connectivity index (χ4n) is 4.58. The zero-order valence-electron chi connectivity index (χ0n) is 17.9. The first-order valence-electron chi connectivity index (χ1n) is 11.1. The number of benzene rings is 1. The summed E-state index contributed by atoms with van der Waals surface area (Å²) in [7, 11) is 0. The van der Waals surface area contributed by atoms with Crippen LogP contribution in [0.3, 0.4) is 0 Å². The molecule has 1 aromatic carbocycles. The summed E-state index contributed by atoms with van der Waals surface area (Å²) in [5, 5.41) is 3.08. The Hall–Kier alpha value is -2.57. The van der Waals surface area contributed by atoms with Gasteiger partial charge in [-0.05, 0) is 64.2 Å². The summed E-state index contributed by atoms with van der Waals surface area (Å²) < 4.78 is 5.91. The first-order chi connectivity index (χ1) is 14.3. The maximum absolute atomic E-state index is 13.1. The molecule has 7 nitrogen and oxygen atoms in total. The number of piperidine rings is 1. The van der Waals surface area contributed by atoms with Crippen LogP contribution in [-0.2, 0) is 9.59 Å². The number of nitrogens with one attached hydrogen (secondary N) is 1. The number of carbonyl (C=O) groups excluding carboxylic acids is 3. The summed E-state index contributed by atoms with van der Waals surface area (Å²) in [5.41, 5.74) is -0.0982. The number of ether oxygens (including phenoxy) is 1. The molecule has 0 unspecified atom stereocenters. The lowest BCUT2D eigenvalue weighted by atomic mass is 10.0. The number of amides is 3. The highest BCUT2D eigenvalue weighted by Gasteiger charge is 2.42. The number of hydrogen-bond acceptors (Lipinski definition) is 4. The third kappa shape index (κ3) is 4.16. The third-order valence-electron chi connectivity index (χ3n) is 6.33. The highest BCUT2D eigenvalue weighted by Crippen LogP contribution is 2.38. The first kappa shape index (κ1) is 20.7. The molecule has 0 spiro atoms. The van der Waals surface area contributed by atoms with Gasteiger partial charge < -0.3 is 15.0 Å². The van der Waals surface area contributed by atoms with Crippen molar-refractivity contribution in [3.05, 3.63) is 23.8 Å². The predicted octanol–water partition coefficient (Wildman–Crippen LogP) is 2.88. The Kier molecular flexibility index (Phi) is 5.71. The van der Waals surface area contributed by atoms with Gasteiger partial charge in [0.15, 0.2) is 5.60 Å². The van der Waals surface area contributed by atoms with Crippen molar-refractivity contribution < 1.29 is 19.1 Å². The van der Waals surface area contributed by atoms with Crippen LogP contribution in [0.4, 0.5) is 5.69 Å². The Morgan fingerprint density at radius 1 is 1.10 bits per heavy atom. The van der Waals surface area contributed by atoms with E-state index in [1.54, 1.807) is 32.0 Å². The minimum Gasteiger partial charge on any atom is -0.476 e. The molecular formula is C23H31N3O4. The molecular weight excluding hydrogens is 382 g/mol. The highest BCUT2D eigenvalue weighted by atomic mass is 16.5. The van der Waals surface area contributed by atoms with Gasteiger partial charge in [-0.15, -0.1) is 0 Å². The molecule has 1 N–H and O–H groups in total. The van der Waals surface area contributed by atoms with Gasteiger partial charge in [0.05, 0.1) is 5.69 Å². The van der Waals surface area contributed by atoms with Crippen LogP contribution < -0.4 is 15.0 Å². The van der Waals surface area contributed by atoms with Crippen molar-refractivity contribution in [1.29, 1.82) is 0 Å². The Labute approximate surface area is 177 Å². The number of carbonyl (C=O) groups is 3. The number of anilines is 1. The van der Waals surface area contributed by atoms with Gasteiger partial charge in [0, 0.05) is 24.7 Å². The van der Waals surface area contributed by atoms with Crippen molar-refractivity contribution in [3.8, 4) is 5.75 Å². The Morgan fingerprint density at radius 3 is 2.50 bits per heavy atom. The van der Waals surface area contributed by atoms with E-state index in [4.69, 9.17) is 4.74 Å². The molecule has 162 valence electrons. The van der Waals surface area contributed by atoms with Gasteiger partial charge in [0.2, 0.25) is 5.91 Å². The molecule has 2 aliphatic heterocycles. The van der Waals surface area contributed by atoms with E-state index in [9.17, 15) is 14.4 Å². The van der Waals surface area contributed by atoms with E-state index in [-0.39, 0.29) is 30.3 Å². The molecule has 0 bridgehead atoms. The number of rotatable bonds is 4. The summed E-state index contributed by atoms with van der Waals surface area (Å²) in [6.45, 7) is 4.84. The second kappa shape index (κ2) is 8.28. The van der Waals surface area contributed by atoms with Crippen LogP contribution in [0.2, 0.25) is 0 Å². The SMILES string of the molecule is CC1(C)Oc2ccc(C(=O)NC3CCCC3)cc2N(CC(=O)N2CCCCC2)C1=O. The predicted molar refractivity (Wildman–Crippen MR) is 114 cm³/mol. The molecule has 1 saturated carbocycles. The lowest BCUT2D eigenvalue weighted by Crippen LogP contribution is -2.55. The Balaban J connectivity index is 1.58. The highest BCUT2D eigenvalue weighted by molar-refractivity contribution is 6.07. The van der Waals surface area contributed by atoms with Crippen molar-refractivity contribution >= 4 is 23.4 Å². The number of likely N-dealkylation sites (tertiary alicyclic amines) is 1. The zero-order chi connectivity index (χ0) is 21.3. The van der Waals surface area contributed by atoms with E-state index in [0.717, 1.165) is 58.0 Å². The van der Waals surface area contributed by atoms with Crippen LogP contribution in [-0.4, -0.2) is 53.9 Å². The molecule has 3 aliphatic rings. The van der Waals surface area contributed by atoms with Crippen LogP contribution in [0.15, 0.2) is 18.2 Å². The normalized spacial score (nSPS) is 21.2. The van der Waals surface area contributed by atoms with Gasteiger partial charge in [0.25, 0.3) is 11.8 Å². The fourth-order valence-corrected chi connectivity index (χ4v) is 4.58. The Bertz CT molecular complexity index is 839. The molecule has 2 fully saturated rings. The van der Waals surface area contributed by atoms with Crippen molar-refractivity contribution in [1.82, 2.24) is 10.2 Å². The van der Waals surface area contributed by atoms with E-state index in [0.29, 0.717) is 17.0 Å². The monoisotopic (exact) mass is 413 g/mol. The summed E-state index contributed by atoms with van der Waals surface area (Å²) in [6, 6.07) is 5.34. The van der Waals surface area contributed by atoms with Crippen LogP contribution in [0.1, 0.15) is 69.2 Å². The molecule has 0 aromatic heterocycles. The van der Waals surface area contributed by atoms with Crippen molar-refractivity contribution in [2.75, 3.05) is 24.5 Å². The average Bonchev–Trinajstić information content (AvgIpc) is 3.24. The van der Waals surface area contributed by atoms with E-state index >= 15 is 0 Å². The molecule has 2 heterocycles. The fraction of sp³-hybridized carbons (Fsp3) is 0.609. The van der Waals surface area contributed by atoms with Gasteiger partial charge >= 0.3 is 0 Å². The topological polar surface area (TPSA) is 79.0 Å². The van der Waals surface area contributed by atoms with Gasteiger partial charge in [-0.25, -0.2) is 0 Å². The summed E-state index contributed by atoms with van der Waals surface area (Å²) in [5.74, 6) is 0.0361. The molecule has 7 heteroatoms. The van der Waals surface area contributed by atoms with E-state index in [2.05, 4.69) is 5.32 Å².